The molecular weight excluding hydrogens is 442 g/mol. The van der Waals surface area contributed by atoms with Crippen molar-refractivity contribution in [2.45, 2.75) is 25.8 Å². The summed E-state index contributed by atoms with van der Waals surface area (Å²) in [6.07, 6.45) is 6.24. The van der Waals surface area contributed by atoms with E-state index in [-0.39, 0.29) is 5.92 Å². The highest BCUT2D eigenvalue weighted by molar-refractivity contribution is 9.10. The summed E-state index contributed by atoms with van der Waals surface area (Å²) < 4.78 is 1.08. The Kier molecular flexibility index (Phi) is 8.26. The minimum absolute atomic E-state index is 0.249. The van der Waals surface area contributed by atoms with Gasteiger partial charge in [0, 0.05) is 48.1 Å². The first-order valence-corrected chi connectivity index (χ1v) is 10.8. The highest BCUT2D eigenvalue weighted by Crippen LogP contribution is 2.17. The molecule has 0 saturated carbocycles. The van der Waals surface area contributed by atoms with Gasteiger partial charge in [-0.2, -0.15) is 0 Å². The third-order valence-electron chi connectivity index (χ3n) is 4.76. The van der Waals surface area contributed by atoms with E-state index in [1.54, 1.807) is 6.33 Å². The van der Waals surface area contributed by atoms with E-state index in [4.69, 9.17) is 5.73 Å². The molecular formula is C22H28BrN7. The summed E-state index contributed by atoms with van der Waals surface area (Å²) in [6, 6.07) is 14.4. The second-order valence-corrected chi connectivity index (χ2v) is 8.07. The third-order valence-corrected chi connectivity index (χ3v) is 5.29. The largest absolute Gasteiger partial charge is 0.370 e. The van der Waals surface area contributed by atoms with Gasteiger partial charge >= 0.3 is 0 Å². The zero-order valence-corrected chi connectivity index (χ0v) is 18.7. The molecule has 7 nitrogen and oxygen atoms in total. The Morgan fingerprint density at radius 2 is 2.10 bits per heavy atom. The molecule has 1 unspecified atom stereocenters. The molecule has 0 aliphatic heterocycles. The highest BCUT2D eigenvalue weighted by atomic mass is 79.9. The maximum atomic E-state index is 6.02. The lowest BCUT2D eigenvalue weighted by molar-refractivity contribution is 0.695. The predicted octanol–water partition coefficient (Wildman–Crippen LogP) is 3.67. The van der Waals surface area contributed by atoms with Crippen LogP contribution < -0.4 is 16.0 Å². The Hall–Kier alpha value is -2.87. The summed E-state index contributed by atoms with van der Waals surface area (Å²) in [6.45, 7) is 5.12. The fourth-order valence-corrected chi connectivity index (χ4v) is 3.30. The SMILES string of the molecule is CC(CN=C(N)NCCCN(Cc1ccc(Br)cc1)c1ccccn1)c1cnc[nH]1. The molecule has 30 heavy (non-hydrogen) atoms. The third kappa shape index (κ3) is 6.88. The van der Waals surface area contributed by atoms with Crippen LogP contribution in [0.2, 0.25) is 0 Å². The van der Waals surface area contributed by atoms with Gasteiger partial charge in [-0.3, -0.25) is 4.99 Å². The van der Waals surface area contributed by atoms with Gasteiger partial charge in [0.05, 0.1) is 12.9 Å². The number of aromatic amines is 1. The molecule has 4 N–H and O–H groups in total. The number of guanidine groups is 1. The molecule has 3 rings (SSSR count). The number of nitrogens with two attached hydrogens (primary N) is 1. The van der Waals surface area contributed by atoms with Gasteiger partial charge in [0.15, 0.2) is 5.96 Å². The number of benzene rings is 1. The van der Waals surface area contributed by atoms with Gasteiger partial charge < -0.3 is 20.9 Å². The van der Waals surface area contributed by atoms with Crippen LogP contribution in [-0.2, 0) is 6.54 Å². The molecule has 0 aliphatic carbocycles. The molecule has 1 aromatic carbocycles. The number of H-pyrrole nitrogens is 1. The van der Waals surface area contributed by atoms with Crippen molar-refractivity contribution in [1.29, 1.82) is 0 Å². The lowest BCUT2D eigenvalue weighted by Gasteiger charge is -2.24. The van der Waals surface area contributed by atoms with Gasteiger partial charge in [-0.05, 0) is 36.2 Å². The molecule has 0 amide bonds. The van der Waals surface area contributed by atoms with Gasteiger partial charge in [0.25, 0.3) is 0 Å². The normalized spacial score (nSPS) is 12.5. The summed E-state index contributed by atoms with van der Waals surface area (Å²) >= 11 is 3.49. The van der Waals surface area contributed by atoms with E-state index in [9.17, 15) is 0 Å². The van der Waals surface area contributed by atoms with Crippen molar-refractivity contribution in [3.63, 3.8) is 0 Å². The van der Waals surface area contributed by atoms with Crippen molar-refractivity contribution in [3.05, 3.63) is 76.9 Å². The molecule has 8 heteroatoms. The molecule has 0 bridgehead atoms. The van der Waals surface area contributed by atoms with Crippen molar-refractivity contribution in [3.8, 4) is 0 Å². The van der Waals surface area contributed by atoms with E-state index in [1.807, 2.05) is 30.6 Å². The molecule has 0 fully saturated rings. The molecule has 2 aromatic heterocycles. The van der Waals surface area contributed by atoms with E-state index >= 15 is 0 Å². The average Bonchev–Trinajstić information content (AvgIpc) is 3.31. The first-order chi connectivity index (χ1) is 14.6. The van der Waals surface area contributed by atoms with Crippen LogP contribution in [0.25, 0.3) is 0 Å². The lowest BCUT2D eigenvalue weighted by Crippen LogP contribution is -2.35. The second kappa shape index (κ2) is 11.3. The van der Waals surface area contributed by atoms with Crippen molar-refractivity contribution in [1.82, 2.24) is 20.3 Å². The van der Waals surface area contributed by atoms with Crippen LogP contribution in [-0.4, -0.2) is 40.5 Å². The summed E-state index contributed by atoms with van der Waals surface area (Å²) in [5.41, 5.74) is 8.33. The van der Waals surface area contributed by atoms with E-state index in [0.717, 1.165) is 42.0 Å². The Morgan fingerprint density at radius 1 is 1.27 bits per heavy atom. The number of aromatic nitrogens is 3. The maximum absolute atomic E-state index is 6.02. The lowest BCUT2D eigenvalue weighted by atomic mass is 10.1. The topological polar surface area (TPSA) is 95.2 Å². The number of pyridine rings is 1. The van der Waals surface area contributed by atoms with Crippen molar-refractivity contribution in [2.75, 3.05) is 24.5 Å². The number of hydrogen-bond acceptors (Lipinski definition) is 4. The minimum atomic E-state index is 0.249. The number of halogens is 1. The van der Waals surface area contributed by atoms with Crippen LogP contribution in [0.5, 0.6) is 0 Å². The number of nitrogens with one attached hydrogen (secondary N) is 2. The number of anilines is 1. The van der Waals surface area contributed by atoms with Crippen LogP contribution in [0.1, 0.15) is 30.5 Å². The van der Waals surface area contributed by atoms with Crippen LogP contribution in [0, 0.1) is 0 Å². The van der Waals surface area contributed by atoms with Crippen LogP contribution in [0.4, 0.5) is 5.82 Å². The van der Waals surface area contributed by atoms with E-state index in [2.05, 4.69) is 77.3 Å². The molecule has 1 atom stereocenters. The Bertz CT molecular complexity index is 895. The molecule has 2 heterocycles. The number of hydrogen-bond donors (Lipinski definition) is 3. The molecule has 158 valence electrons. The molecule has 0 saturated heterocycles. The molecule has 3 aromatic rings. The summed E-state index contributed by atoms with van der Waals surface area (Å²) in [4.78, 5) is 18.4. The minimum Gasteiger partial charge on any atom is -0.370 e. The predicted molar refractivity (Wildman–Crippen MR) is 126 cm³/mol. The molecule has 0 aliphatic rings. The quantitative estimate of drug-likeness (QED) is 0.239. The van der Waals surface area contributed by atoms with Crippen LogP contribution >= 0.6 is 15.9 Å². The van der Waals surface area contributed by atoms with Crippen LogP contribution in [0.15, 0.2) is 70.7 Å². The number of aliphatic imine (C=N–C) groups is 1. The summed E-state index contributed by atoms with van der Waals surface area (Å²) in [5.74, 6) is 1.69. The Morgan fingerprint density at radius 3 is 2.80 bits per heavy atom. The molecule has 0 radical (unpaired) electrons. The highest BCUT2D eigenvalue weighted by Gasteiger charge is 2.09. The number of nitrogens with zero attached hydrogens (tertiary/aromatic N) is 4. The number of rotatable bonds is 10. The van der Waals surface area contributed by atoms with Gasteiger partial charge in [0.2, 0.25) is 0 Å². The van der Waals surface area contributed by atoms with E-state index in [0.29, 0.717) is 12.5 Å². The second-order valence-electron chi connectivity index (χ2n) is 7.15. The van der Waals surface area contributed by atoms with Gasteiger partial charge in [0.1, 0.15) is 5.82 Å². The molecule has 0 spiro atoms. The van der Waals surface area contributed by atoms with Gasteiger partial charge in [-0.25, -0.2) is 9.97 Å². The zero-order chi connectivity index (χ0) is 21.2. The smallest absolute Gasteiger partial charge is 0.188 e. The number of imidazole rings is 1. The summed E-state index contributed by atoms with van der Waals surface area (Å²) in [7, 11) is 0. The van der Waals surface area contributed by atoms with Crippen molar-refractivity contribution in [2.24, 2.45) is 10.7 Å². The first kappa shape index (κ1) is 21.8. The fourth-order valence-electron chi connectivity index (χ4n) is 3.04. The average molecular weight is 470 g/mol. The van der Waals surface area contributed by atoms with E-state index < -0.39 is 0 Å². The summed E-state index contributed by atoms with van der Waals surface area (Å²) in [5, 5.41) is 3.21. The Labute approximate surface area is 186 Å². The zero-order valence-electron chi connectivity index (χ0n) is 17.1. The monoisotopic (exact) mass is 469 g/mol. The maximum Gasteiger partial charge on any atom is 0.188 e. The van der Waals surface area contributed by atoms with Crippen LogP contribution in [0.3, 0.4) is 0 Å². The first-order valence-electron chi connectivity index (χ1n) is 10.0. The van der Waals surface area contributed by atoms with Gasteiger partial charge in [-0.1, -0.05) is 41.1 Å². The van der Waals surface area contributed by atoms with Crippen molar-refractivity contribution < 1.29 is 0 Å². The standard InChI is InChI=1S/C22H28BrN7/c1-17(20-14-25-16-29-20)13-28-22(24)27-11-4-12-30(21-5-2-3-10-26-21)15-18-6-8-19(23)9-7-18/h2-3,5-10,14,16-17H,4,11-13,15H2,1H3,(H,25,29)(H3,24,27,28). The van der Waals surface area contributed by atoms with Crippen molar-refractivity contribution >= 4 is 27.7 Å². The fraction of sp³-hybridized carbons (Fsp3) is 0.318. The van der Waals surface area contributed by atoms with Gasteiger partial charge in [-0.15, -0.1) is 0 Å². The van der Waals surface area contributed by atoms with E-state index in [1.165, 1.54) is 5.56 Å². The Balaban J connectivity index is 1.49.